The molecule has 6 heteroatoms. The first-order valence-electron chi connectivity index (χ1n) is 6.19. The average molecular weight is 278 g/mol. The summed E-state index contributed by atoms with van der Waals surface area (Å²) < 4.78 is 17.9. The average Bonchev–Trinajstić information content (AvgIpc) is 2.83. The number of hydrogen-bond acceptors (Lipinski definition) is 4. The molecule has 1 heterocycles. The largest absolute Gasteiger partial charge is 0.481 e. The minimum absolute atomic E-state index is 0.00684. The van der Waals surface area contributed by atoms with Crippen LogP contribution in [0.5, 0.6) is 0 Å². The van der Waals surface area contributed by atoms with Crippen molar-refractivity contribution in [1.82, 2.24) is 5.16 Å². The van der Waals surface area contributed by atoms with Crippen molar-refractivity contribution in [2.24, 2.45) is 0 Å². The number of halogens is 1. The second kappa shape index (κ2) is 6.18. The summed E-state index contributed by atoms with van der Waals surface area (Å²) in [6, 6.07) is 7.81. The summed E-state index contributed by atoms with van der Waals surface area (Å²) >= 11 is 0. The van der Waals surface area contributed by atoms with E-state index >= 15 is 0 Å². The molecule has 0 aliphatic carbocycles. The number of carboxylic acid groups (broad SMARTS) is 1. The number of anilines is 1. The van der Waals surface area contributed by atoms with Crippen LogP contribution in [-0.4, -0.2) is 22.8 Å². The molecule has 1 aromatic heterocycles. The van der Waals surface area contributed by atoms with Gasteiger partial charge < -0.3 is 14.5 Å². The quantitative estimate of drug-likeness (QED) is 0.879. The molecule has 1 N–H and O–H groups in total. The van der Waals surface area contributed by atoms with Crippen molar-refractivity contribution in [3.05, 3.63) is 47.5 Å². The van der Waals surface area contributed by atoms with E-state index in [1.165, 1.54) is 12.1 Å². The van der Waals surface area contributed by atoms with Crippen LogP contribution in [0.3, 0.4) is 0 Å². The monoisotopic (exact) mass is 278 g/mol. The minimum Gasteiger partial charge on any atom is -0.481 e. The van der Waals surface area contributed by atoms with E-state index in [4.69, 9.17) is 9.63 Å². The van der Waals surface area contributed by atoms with Crippen molar-refractivity contribution in [3.8, 4) is 0 Å². The molecule has 0 saturated carbocycles. The molecule has 0 amide bonds. The zero-order chi connectivity index (χ0) is 14.5. The fraction of sp³-hybridized carbons (Fsp3) is 0.286. The van der Waals surface area contributed by atoms with Gasteiger partial charge in [-0.15, -0.1) is 0 Å². The third kappa shape index (κ3) is 3.81. The standard InChI is InChI=1S/C14H15FN2O3/c1-10-8-13(16-20-10)17(7-6-14(18)19)9-11-2-4-12(15)5-3-11/h2-5,8H,6-7,9H2,1H3,(H,18,19). The number of carbonyl (C=O) groups is 1. The summed E-state index contributed by atoms with van der Waals surface area (Å²) in [5.41, 5.74) is 0.873. The lowest BCUT2D eigenvalue weighted by Gasteiger charge is -2.20. The number of aromatic nitrogens is 1. The summed E-state index contributed by atoms with van der Waals surface area (Å²) in [6.07, 6.45) is -0.00684. The summed E-state index contributed by atoms with van der Waals surface area (Å²) in [6.45, 7) is 2.52. The van der Waals surface area contributed by atoms with Crippen molar-refractivity contribution in [3.63, 3.8) is 0 Å². The number of rotatable bonds is 6. The molecule has 0 spiro atoms. The highest BCUT2D eigenvalue weighted by Gasteiger charge is 2.13. The normalized spacial score (nSPS) is 10.5. The van der Waals surface area contributed by atoms with Crippen LogP contribution >= 0.6 is 0 Å². The Bertz CT molecular complexity index is 580. The van der Waals surface area contributed by atoms with Crippen LogP contribution in [0.4, 0.5) is 10.2 Å². The van der Waals surface area contributed by atoms with E-state index in [1.54, 1.807) is 30.0 Å². The minimum atomic E-state index is -0.880. The van der Waals surface area contributed by atoms with Gasteiger partial charge in [0.05, 0.1) is 6.42 Å². The molecule has 0 aliphatic heterocycles. The second-order valence-electron chi connectivity index (χ2n) is 4.49. The molecule has 0 aliphatic rings. The Hall–Kier alpha value is -2.37. The van der Waals surface area contributed by atoms with E-state index in [0.717, 1.165) is 5.56 Å². The Morgan fingerprint density at radius 2 is 2.10 bits per heavy atom. The molecule has 0 fully saturated rings. The van der Waals surface area contributed by atoms with Crippen LogP contribution in [0.1, 0.15) is 17.7 Å². The van der Waals surface area contributed by atoms with Crippen LogP contribution in [0.15, 0.2) is 34.9 Å². The third-order valence-corrected chi connectivity index (χ3v) is 2.82. The van der Waals surface area contributed by atoms with Gasteiger partial charge in [-0.1, -0.05) is 17.3 Å². The predicted molar refractivity (Wildman–Crippen MR) is 70.9 cm³/mol. The Kier molecular flexibility index (Phi) is 4.34. The molecule has 2 aromatic rings. The summed E-state index contributed by atoms with van der Waals surface area (Å²) in [5.74, 6) is 0.0462. The molecule has 0 bridgehead atoms. The van der Waals surface area contributed by atoms with E-state index in [9.17, 15) is 9.18 Å². The molecule has 0 atom stereocenters. The van der Waals surface area contributed by atoms with Crippen molar-refractivity contribution in [2.45, 2.75) is 19.9 Å². The van der Waals surface area contributed by atoms with Gasteiger partial charge in [-0.05, 0) is 24.6 Å². The summed E-state index contributed by atoms with van der Waals surface area (Å²) in [7, 11) is 0. The van der Waals surface area contributed by atoms with E-state index < -0.39 is 5.97 Å². The number of nitrogens with zero attached hydrogens (tertiary/aromatic N) is 2. The van der Waals surface area contributed by atoms with Crippen molar-refractivity contribution < 1.29 is 18.8 Å². The number of hydrogen-bond donors (Lipinski definition) is 1. The van der Waals surface area contributed by atoms with Gasteiger partial charge in [0.2, 0.25) is 0 Å². The Labute approximate surface area is 115 Å². The van der Waals surface area contributed by atoms with Crippen molar-refractivity contribution >= 4 is 11.8 Å². The molecule has 0 saturated heterocycles. The lowest BCUT2D eigenvalue weighted by molar-refractivity contribution is -0.136. The maximum atomic E-state index is 12.9. The van der Waals surface area contributed by atoms with E-state index in [2.05, 4.69) is 5.16 Å². The Morgan fingerprint density at radius 1 is 1.40 bits per heavy atom. The number of aliphatic carboxylic acids is 1. The van der Waals surface area contributed by atoms with E-state index in [-0.39, 0.29) is 12.2 Å². The van der Waals surface area contributed by atoms with Gasteiger partial charge in [-0.2, -0.15) is 0 Å². The van der Waals surface area contributed by atoms with Gasteiger partial charge in [-0.3, -0.25) is 4.79 Å². The smallest absolute Gasteiger partial charge is 0.305 e. The van der Waals surface area contributed by atoms with Crippen molar-refractivity contribution in [1.29, 1.82) is 0 Å². The number of carboxylic acids is 1. The molecule has 20 heavy (non-hydrogen) atoms. The van der Waals surface area contributed by atoms with Gasteiger partial charge in [0, 0.05) is 19.2 Å². The number of benzene rings is 1. The maximum absolute atomic E-state index is 12.9. The first kappa shape index (κ1) is 14.0. The van der Waals surface area contributed by atoms with Gasteiger partial charge >= 0.3 is 5.97 Å². The lowest BCUT2D eigenvalue weighted by atomic mass is 10.2. The maximum Gasteiger partial charge on any atom is 0.305 e. The van der Waals surface area contributed by atoms with E-state index in [1.807, 2.05) is 0 Å². The van der Waals surface area contributed by atoms with Crippen LogP contribution in [0, 0.1) is 12.7 Å². The molecular weight excluding hydrogens is 263 g/mol. The fourth-order valence-corrected chi connectivity index (χ4v) is 1.82. The molecule has 5 nitrogen and oxygen atoms in total. The van der Waals surface area contributed by atoms with Gasteiger partial charge in [-0.25, -0.2) is 4.39 Å². The zero-order valence-electron chi connectivity index (χ0n) is 11.0. The Balaban J connectivity index is 2.13. The highest BCUT2D eigenvalue weighted by atomic mass is 19.1. The lowest BCUT2D eigenvalue weighted by Crippen LogP contribution is -2.26. The first-order valence-corrected chi connectivity index (χ1v) is 6.19. The molecule has 2 rings (SSSR count). The summed E-state index contributed by atoms with van der Waals surface area (Å²) in [4.78, 5) is 12.5. The molecule has 0 radical (unpaired) electrons. The Morgan fingerprint density at radius 3 is 2.65 bits per heavy atom. The SMILES string of the molecule is Cc1cc(N(CCC(=O)O)Cc2ccc(F)cc2)no1. The molecule has 0 unspecified atom stereocenters. The number of aryl methyl sites for hydroxylation is 1. The topological polar surface area (TPSA) is 66.6 Å². The van der Waals surface area contributed by atoms with Gasteiger partial charge in [0.15, 0.2) is 5.82 Å². The summed E-state index contributed by atoms with van der Waals surface area (Å²) in [5, 5.41) is 12.7. The highest BCUT2D eigenvalue weighted by molar-refractivity contribution is 5.67. The van der Waals surface area contributed by atoms with E-state index in [0.29, 0.717) is 24.7 Å². The van der Waals surface area contributed by atoms with Crippen LogP contribution < -0.4 is 4.90 Å². The highest BCUT2D eigenvalue weighted by Crippen LogP contribution is 2.17. The second-order valence-corrected chi connectivity index (χ2v) is 4.49. The fourth-order valence-electron chi connectivity index (χ4n) is 1.82. The molecule has 106 valence electrons. The van der Waals surface area contributed by atoms with Gasteiger partial charge in [0.25, 0.3) is 0 Å². The van der Waals surface area contributed by atoms with Crippen LogP contribution in [-0.2, 0) is 11.3 Å². The zero-order valence-corrected chi connectivity index (χ0v) is 11.0. The molecular formula is C14H15FN2O3. The predicted octanol–water partition coefficient (Wildman–Crippen LogP) is 2.60. The van der Waals surface area contributed by atoms with Gasteiger partial charge in [0.1, 0.15) is 11.6 Å². The van der Waals surface area contributed by atoms with Crippen LogP contribution in [0.2, 0.25) is 0 Å². The van der Waals surface area contributed by atoms with Crippen LogP contribution in [0.25, 0.3) is 0 Å². The van der Waals surface area contributed by atoms with Crippen molar-refractivity contribution in [2.75, 3.05) is 11.4 Å². The third-order valence-electron chi connectivity index (χ3n) is 2.82. The first-order chi connectivity index (χ1) is 9.54. The molecule has 1 aromatic carbocycles.